The Bertz CT molecular complexity index is 551. The van der Waals surface area contributed by atoms with E-state index in [1.54, 1.807) is 24.3 Å². The summed E-state index contributed by atoms with van der Waals surface area (Å²) in [6, 6.07) is 8.26. The monoisotopic (exact) mass is 241 g/mol. The Labute approximate surface area is 94.9 Å². The van der Waals surface area contributed by atoms with Crippen molar-refractivity contribution in [1.29, 1.82) is 0 Å². The molecule has 0 fully saturated rings. The molecule has 0 atom stereocenters. The molecule has 0 radical (unpaired) electrons. The largest absolute Gasteiger partial charge is 0.384 e. The van der Waals surface area contributed by atoms with E-state index in [1.807, 2.05) is 0 Å². The van der Waals surface area contributed by atoms with Crippen LogP contribution in [0.1, 0.15) is 10.4 Å². The van der Waals surface area contributed by atoms with E-state index in [0.717, 1.165) is 6.20 Å². The molecule has 82 valence electrons. The van der Waals surface area contributed by atoms with E-state index in [1.165, 1.54) is 6.07 Å². The zero-order valence-electron chi connectivity index (χ0n) is 7.95. The number of nitrogens with zero attached hydrogens (tertiary/aromatic N) is 1. The number of para-hydroxylation sites is 1. The summed E-state index contributed by atoms with van der Waals surface area (Å²) < 4.78 is 25.2. The molecule has 1 heterocycles. The van der Waals surface area contributed by atoms with E-state index < -0.39 is 11.2 Å². The molecule has 5 heteroatoms. The van der Waals surface area contributed by atoms with E-state index in [0.29, 0.717) is 10.9 Å². The third-order valence-electron chi connectivity index (χ3n) is 2.11. The van der Waals surface area contributed by atoms with Gasteiger partial charge in [-0.2, -0.15) is 8.78 Å². The molecule has 0 saturated heterocycles. The fourth-order valence-electron chi connectivity index (χ4n) is 1.36. The maximum Gasteiger partial charge on any atom is 0.384 e. The van der Waals surface area contributed by atoms with E-state index in [2.05, 4.69) is 16.6 Å². The molecule has 2 rings (SSSR count). The highest BCUT2D eigenvalue weighted by Crippen LogP contribution is 2.25. The second-order valence-electron chi connectivity index (χ2n) is 3.24. The molecule has 1 aromatic heterocycles. The zero-order valence-corrected chi connectivity index (χ0v) is 8.71. The summed E-state index contributed by atoms with van der Waals surface area (Å²) in [5, 5.41) is -3.27. The number of hydrogen-bond donors (Lipinski definition) is 0. The van der Waals surface area contributed by atoms with Crippen molar-refractivity contribution in [1.82, 2.24) is 4.98 Å². The van der Waals surface area contributed by atoms with Crippen molar-refractivity contribution in [3.63, 3.8) is 0 Å². The van der Waals surface area contributed by atoms with Gasteiger partial charge in [0.05, 0.1) is 5.52 Å². The molecular formula is C11H6ClF2NO. The minimum Gasteiger partial charge on any atom is -0.286 e. The first-order chi connectivity index (χ1) is 7.48. The van der Waals surface area contributed by atoms with Gasteiger partial charge in [0, 0.05) is 17.1 Å². The van der Waals surface area contributed by atoms with Crippen molar-refractivity contribution in [3.05, 3.63) is 42.1 Å². The summed E-state index contributed by atoms with van der Waals surface area (Å²) in [4.78, 5) is 15.1. The van der Waals surface area contributed by atoms with Crippen LogP contribution in [0.4, 0.5) is 8.78 Å². The number of carbonyl (C=O) groups is 1. The normalized spacial score (nSPS) is 11.7. The lowest BCUT2D eigenvalue weighted by Gasteiger charge is -2.06. The number of ketones is 1. The third-order valence-corrected chi connectivity index (χ3v) is 2.28. The van der Waals surface area contributed by atoms with Crippen LogP contribution in [0, 0.1) is 0 Å². The molecule has 2 nitrogen and oxygen atoms in total. The molecule has 0 amide bonds. The van der Waals surface area contributed by atoms with E-state index in [9.17, 15) is 13.6 Å². The second-order valence-corrected chi connectivity index (χ2v) is 3.72. The van der Waals surface area contributed by atoms with E-state index >= 15 is 0 Å². The fraction of sp³-hybridized carbons (Fsp3) is 0.0909. The van der Waals surface area contributed by atoms with Crippen molar-refractivity contribution >= 4 is 28.3 Å². The summed E-state index contributed by atoms with van der Waals surface area (Å²) in [5.74, 6) is -1.44. The van der Waals surface area contributed by atoms with E-state index in [4.69, 9.17) is 0 Å². The van der Waals surface area contributed by atoms with Gasteiger partial charge in [-0.1, -0.05) is 18.2 Å². The molecule has 0 aliphatic carbocycles. The molecule has 0 aliphatic heterocycles. The average molecular weight is 242 g/mol. The predicted molar refractivity (Wildman–Crippen MR) is 56.9 cm³/mol. The van der Waals surface area contributed by atoms with Crippen molar-refractivity contribution in [2.24, 2.45) is 0 Å². The first kappa shape index (κ1) is 11.0. The van der Waals surface area contributed by atoms with Gasteiger partial charge in [0.2, 0.25) is 5.78 Å². The first-order valence-corrected chi connectivity index (χ1v) is 4.82. The molecule has 0 aliphatic rings. The number of halogens is 3. The maximum absolute atomic E-state index is 12.6. The lowest BCUT2D eigenvalue weighted by molar-refractivity contribution is 0.0536. The van der Waals surface area contributed by atoms with Crippen LogP contribution in [0.25, 0.3) is 10.9 Å². The lowest BCUT2D eigenvalue weighted by atomic mass is 10.1. The van der Waals surface area contributed by atoms with Gasteiger partial charge in [-0.15, -0.1) is 0 Å². The van der Waals surface area contributed by atoms with Gasteiger partial charge in [-0.3, -0.25) is 9.78 Å². The second kappa shape index (κ2) is 3.79. The Kier molecular flexibility index (Phi) is 2.59. The molecule has 0 saturated carbocycles. The summed E-state index contributed by atoms with van der Waals surface area (Å²) >= 11 is 4.66. The van der Waals surface area contributed by atoms with Crippen LogP contribution in [0.3, 0.4) is 0 Å². The van der Waals surface area contributed by atoms with Crippen molar-refractivity contribution in [3.8, 4) is 0 Å². The number of hydrogen-bond acceptors (Lipinski definition) is 2. The molecule has 0 unspecified atom stereocenters. The van der Waals surface area contributed by atoms with Gasteiger partial charge in [0.1, 0.15) is 0 Å². The smallest absolute Gasteiger partial charge is 0.286 e. The Morgan fingerprint density at radius 3 is 2.69 bits per heavy atom. The molecule has 0 spiro atoms. The maximum atomic E-state index is 12.6. The van der Waals surface area contributed by atoms with Crippen LogP contribution in [-0.4, -0.2) is 16.1 Å². The van der Waals surface area contributed by atoms with Gasteiger partial charge >= 0.3 is 5.38 Å². The van der Waals surface area contributed by atoms with Crippen LogP contribution >= 0.6 is 11.6 Å². The number of aromatic nitrogens is 1. The summed E-state index contributed by atoms with van der Waals surface area (Å²) in [5.41, 5.74) is 0.440. The zero-order chi connectivity index (χ0) is 11.8. The standard InChI is InChI=1S/C11H6ClF2NO/c12-11(13,14)10(16)8-5-7-3-1-2-4-9(7)15-6-8/h1-6H. The predicted octanol–water partition coefficient (Wildman–Crippen LogP) is 3.25. The average Bonchev–Trinajstić information content (AvgIpc) is 2.26. The summed E-state index contributed by atoms with van der Waals surface area (Å²) in [6.45, 7) is 0. The van der Waals surface area contributed by atoms with Crippen molar-refractivity contribution in [2.45, 2.75) is 5.38 Å². The highest BCUT2D eigenvalue weighted by atomic mass is 35.5. The van der Waals surface area contributed by atoms with Gasteiger partial charge in [0.15, 0.2) is 0 Å². The van der Waals surface area contributed by atoms with Crippen LogP contribution in [0.2, 0.25) is 0 Å². The fourth-order valence-corrected chi connectivity index (χ4v) is 1.47. The third kappa shape index (κ3) is 2.02. The number of fused-ring (bicyclic) bond motifs is 1. The van der Waals surface area contributed by atoms with Crippen molar-refractivity contribution < 1.29 is 13.6 Å². The van der Waals surface area contributed by atoms with Gasteiger partial charge in [0.25, 0.3) is 0 Å². The molecule has 0 bridgehead atoms. The van der Waals surface area contributed by atoms with Crippen LogP contribution in [0.5, 0.6) is 0 Å². The Hall–Kier alpha value is -1.55. The topological polar surface area (TPSA) is 30.0 Å². The van der Waals surface area contributed by atoms with Crippen LogP contribution in [0.15, 0.2) is 36.5 Å². The van der Waals surface area contributed by atoms with E-state index in [-0.39, 0.29) is 5.56 Å². The van der Waals surface area contributed by atoms with Gasteiger partial charge in [-0.05, 0) is 23.7 Å². The van der Waals surface area contributed by atoms with Crippen LogP contribution in [-0.2, 0) is 0 Å². The highest BCUT2D eigenvalue weighted by molar-refractivity contribution is 6.35. The number of benzene rings is 1. The molecule has 0 N–H and O–H groups in total. The quantitative estimate of drug-likeness (QED) is 0.597. The molecule has 16 heavy (non-hydrogen) atoms. The minimum atomic E-state index is -3.88. The number of pyridine rings is 1. The molecule has 2 aromatic rings. The minimum absolute atomic E-state index is 0.196. The van der Waals surface area contributed by atoms with Gasteiger partial charge in [-0.25, -0.2) is 0 Å². The number of rotatable bonds is 2. The summed E-state index contributed by atoms with van der Waals surface area (Å²) in [7, 11) is 0. The number of carbonyl (C=O) groups excluding carboxylic acids is 1. The molecular weight excluding hydrogens is 236 g/mol. The lowest BCUT2D eigenvalue weighted by Crippen LogP contribution is -2.21. The SMILES string of the molecule is O=C(c1cnc2ccccc2c1)C(F)(F)Cl. The first-order valence-electron chi connectivity index (χ1n) is 4.45. The Morgan fingerprint density at radius 1 is 1.31 bits per heavy atom. The Balaban J connectivity index is 2.52. The molecule has 1 aromatic carbocycles. The highest BCUT2D eigenvalue weighted by Gasteiger charge is 2.36. The number of alkyl halides is 3. The van der Waals surface area contributed by atoms with Crippen molar-refractivity contribution in [2.75, 3.05) is 0 Å². The summed E-state index contributed by atoms with van der Waals surface area (Å²) in [6.07, 6.45) is 1.10. The Morgan fingerprint density at radius 2 is 2.00 bits per heavy atom. The van der Waals surface area contributed by atoms with Gasteiger partial charge < -0.3 is 0 Å². The number of Topliss-reactive ketones (excluding diaryl/α,β-unsaturated/α-hetero) is 1. The van der Waals surface area contributed by atoms with Crippen LogP contribution < -0.4 is 0 Å².